The van der Waals surface area contributed by atoms with Gasteiger partial charge in [-0.05, 0) is 23.8 Å². The van der Waals surface area contributed by atoms with Crippen molar-refractivity contribution in [2.45, 2.75) is 6.54 Å². The lowest BCUT2D eigenvalue weighted by Crippen LogP contribution is -2.46. The zero-order valence-corrected chi connectivity index (χ0v) is 15.8. The zero-order chi connectivity index (χ0) is 14.7. The summed E-state index contributed by atoms with van der Waals surface area (Å²) in [6.45, 7) is 5.05. The minimum atomic E-state index is 0. The molecule has 0 aromatic heterocycles. The molecule has 2 aromatic rings. The van der Waals surface area contributed by atoms with Crippen LogP contribution in [0.3, 0.4) is 0 Å². The Balaban J connectivity index is 0.00000132. The largest absolute Gasteiger partial charge is 0.368 e. The van der Waals surface area contributed by atoms with Crippen molar-refractivity contribution in [2.24, 2.45) is 0 Å². The van der Waals surface area contributed by atoms with E-state index in [4.69, 9.17) is 23.2 Å². The highest BCUT2D eigenvalue weighted by atomic mass is 35.5. The van der Waals surface area contributed by atoms with E-state index >= 15 is 0 Å². The van der Waals surface area contributed by atoms with Gasteiger partial charge in [0.2, 0.25) is 0 Å². The Labute approximate surface area is 160 Å². The Kier molecular flexibility index (Phi) is 8.52. The molecule has 6 heteroatoms. The second-order valence-corrected chi connectivity index (χ2v) is 6.19. The van der Waals surface area contributed by atoms with Crippen LogP contribution >= 0.6 is 48.0 Å². The van der Waals surface area contributed by atoms with Crippen LogP contribution in [0.4, 0.5) is 5.69 Å². The summed E-state index contributed by atoms with van der Waals surface area (Å²) >= 11 is 12.4. The van der Waals surface area contributed by atoms with Gasteiger partial charge in [0.25, 0.3) is 0 Å². The average Bonchev–Trinajstić information content (AvgIpc) is 2.52. The first-order valence-corrected chi connectivity index (χ1v) is 7.94. The topological polar surface area (TPSA) is 6.48 Å². The number of hydrogen-bond donors (Lipinski definition) is 0. The van der Waals surface area contributed by atoms with Gasteiger partial charge in [-0.3, -0.25) is 4.90 Å². The minimum absolute atomic E-state index is 0. The molecule has 0 N–H and O–H groups in total. The number of benzene rings is 2. The molecule has 1 saturated heterocycles. The lowest BCUT2D eigenvalue weighted by molar-refractivity contribution is 0.250. The molecule has 1 aliphatic rings. The van der Waals surface area contributed by atoms with Crippen molar-refractivity contribution in [1.82, 2.24) is 4.90 Å². The van der Waals surface area contributed by atoms with E-state index in [1.807, 2.05) is 18.2 Å². The van der Waals surface area contributed by atoms with Crippen molar-refractivity contribution < 1.29 is 0 Å². The molecule has 1 aliphatic heterocycles. The Morgan fingerprint density at radius 2 is 1.48 bits per heavy atom. The molecule has 0 saturated carbocycles. The predicted octanol–water partition coefficient (Wildman–Crippen LogP) is 5.16. The maximum atomic E-state index is 6.28. The van der Waals surface area contributed by atoms with Crippen LogP contribution in [-0.2, 0) is 6.54 Å². The van der Waals surface area contributed by atoms with Crippen LogP contribution in [0.15, 0.2) is 48.5 Å². The molecular formula is C17H20Cl4N2. The fraction of sp³-hybridized carbons (Fsp3) is 0.294. The predicted molar refractivity (Wildman–Crippen MR) is 105 cm³/mol. The lowest BCUT2D eigenvalue weighted by atomic mass is 10.2. The average molecular weight is 394 g/mol. The summed E-state index contributed by atoms with van der Waals surface area (Å²) in [5, 5.41) is 1.51. The molecule has 2 aromatic carbocycles. The van der Waals surface area contributed by atoms with Crippen molar-refractivity contribution in [2.75, 3.05) is 31.1 Å². The molecule has 0 radical (unpaired) electrons. The van der Waals surface area contributed by atoms with E-state index < -0.39 is 0 Å². The third-order valence-electron chi connectivity index (χ3n) is 3.87. The van der Waals surface area contributed by atoms with E-state index in [2.05, 4.69) is 40.1 Å². The van der Waals surface area contributed by atoms with Crippen LogP contribution < -0.4 is 4.90 Å². The molecule has 1 heterocycles. The molecule has 1 fully saturated rings. The van der Waals surface area contributed by atoms with E-state index in [-0.39, 0.29) is 24.8 Å². The van der Waals surface area contributed by atoms with E-state index in [9.17, 15) is 0 Å². The van der Waals surface area contributed by atoms with Crippen LogP contribution in [0, 0.1) is 0 Å². The second-order valence-electron chi connectivity index (χ2n) is 5.34. The van der Waals surface area contributed by atoms with Gasteiger partial charge in [-0.25, -0.2) is 0 Å². The first-order chi connectivity index (χ1) is 10.2. The van der Waals surface area contributed by atoms with Gasteiger partial charge in [0, 0.05) is 37.7 Å². The normalized spacial score (nSPS) is 14.8. The Morgan fingerprint density at radius 1 is 0.826 bits per heavy atom. The highest BCUT2D eigenvalue weighted by Crippen LogP contribution is 2.29. The second kappa shape index (κ2) is 9.61. The van der Waals surface area contributed by atoms with Crippen molar-refractivity contribution in [3.05, 3.63) is 64.1 Å². The number of anilines is 1. The number of piperazine rings is 1. The highest BCUT2D eigenvalue weighted by Gasteiger charge is 2.19. The maximum Gasteiger partial charge on any atom is 0.0640 e. The van der Waals surface area contributed by atoms with E-state index in [0.29, 0.717) is 0 Å². The monoisotopic (exact) mass is 392 g/mol. The first-order valence-electron chi connectivity index (χ1n) is 7.18. The zero-order valence-electron chi connectivity index (χ0n) is 12.6. The SMILES string of the molecule is Cl.Cl.Clc1ccc(Cl)c(N2CCN(Cc3ccccc3)CC2)c1. The fourth-order valence-corrected chi connectivity index (χ4v) is 3.12. The Bertz CT molecular complexity index is 599. The Morgan fingerprint density at radius 3 is 2.13 bits per heavy atom. The maximum absolute atomic E-state index is 6.28. The van der Waals surface area contributed by atoms with Gasteiger partial charge < -0.3 is 4.90 Å². The number of halogens is 4. The van der Waals surface area contributed by atoms with E-state index in [1.165, 1.54) is 5.56 Å². The summed E-state index contributed by atoms with van der Waals surface area (Å²) in [5.74, 6) is 0. The summed E-state index contributed by atoms with van der Waals surface area (Å²) in [6, 6.07) is 16.3. The van der Waals surface area contributed by atoms with E-state index in [1.54, 1.807) is 0 Å². The quantitative estimate of drug-likeness (QED) is 0.710. The number of rotatable bonds is 3. The molecule has 0 atom stereocenters. The summed E-state index contributed by atoms with van der Waals surface area (Å²) < 4.78 is 0. The molecule has 126 valence electrons. The third kappa shape index (κ3) is 5.44. The van der Waals surface area contributed by atoms with Crippen LogP contribution in [0.5, 0.6) is 0 Å². The third-order valence-corrected chi connectivity index (χ3v) is 4.42. The molecule has 0 spiro atoms. The molecule has 0 amide bonds. The van der Waals surface area contributed by atoms with Gasteiger partial charge in [-0.2, -0.15) is 0 Å². The summed E-state index contributed by atoms with van der Waals surface area (Å²) in [4.78, 5) is 4.79. The van der Waals surface area contributed by atoms with Gasteiger partial charge in [-0.15, -0.1) is 24.8 Å². The molecule has 23 heavy (non-hydrogen) atoms. The first kappa shape index (κ1) is 20.4. The molecule has 0 aliphatic carbocycles. The molecule has 0 bridgehead atoms. The van der Waals surface area contributed by atoms with Gasteiger partial charge in [0.05, 0.1) is 10.7 Å². The number of nitrogens with zero attached hydrogens (tertiary/aromatic N) is 2. The van der Waals surface area contributed by atoms with Gasteiger partial charge in [-0.1, -0.05) is 53.5 Å². The summed E-state index contributed by atoms with van der Waals surface area (Å²) in [5.41, 5.74) is 2.41. The molecule has 0 unspecified atom stereocenters. The standard InChI is InChI=1S/C17H18Cl2N2.2ClH/c18-15-6-7-16(19)17(12-15)21-10-8-20(9-11-21)13-14-4-2-1-3-5-14;;/h1-7,12H,8-11,13H2;2*1H. The van der Waals surface area contributed by atoms with E-state index in [0.717, 1.165) is 48.5 Å². The van der Waals surface area contributed by atoms with Crippen molar-refractivity contribution in [3.63, 3.8) is 0 Å². The van der Waals surface area contributed by atoms with Crippen LogP contribution in [0.25, 0.3) is 0 Å². The minimum Gasteiger partial charge on any atom is -0.368 e. The smallest absolute Gasteiger partial charge is 0.0640 e. The number of hydrogen-bond acceptors (Lipinski definition) is 2. The van der Waals surface area contributed by atoms with Crippen molar-refractivity contribution >= 4 is 53.7 Å². The summed E-state index contributed by atoms with van der Waals surface area (Å²) in [7, 11) is 0. The van der Waals surface area contributed by atoms with Crippen molar-refractivity contribution in [3.8, 4) is 0 Å². The van der Waals surface area contributed by atoms with Crippen LogP contribution in [-0.4, -0.2) is 31.1 Å². The van der Waals surface area contributed by atoms with Crippen LogP contribution in [0.2, 0.25) is 10.0 Å². The van der Waals surface area contributed by atoms with Gasteiger partial charge >= 0.3 is 0 Å². The van der Waals surface area contributed by atoms with Gasteiger partial charge in [0.1, 0.15) is 0 Å². The highest BCUT2D eigenvalue weighted by molar-refractivity contribution is 6.35. The molecule has 2 nitrogen and oxygen atoms in total. The summed E-state index contributed by atoms with van der Waals surface area (Å²) in [6.07, 6.45) is 0. The molecular weight excluding hydrogens is 374 g/mol. The lowest BCUT2D eigenvalue weighted by Gasteiger charge is -2.36. The fourth-order valence-electron chi connectivity index (χ4n) is 2.72. The van der Waals surface area contributed by atoms with Crippen molar-refractivity contribution in [1.29, 1.82) is 0 Å². The molecule has 3 rings (SSSR count). The van der Waals surface area contributed by atoms with Gasteiger partial charge in [0.15, 0.2) is 0 Å². The van der Waals surface area contributed by atoms with Crippen LogP contribution in [0.1, 0.15) is 5.56 Å². The Hall–Kier alpha value is -0.640.